The van der Waals surface area contributed by atoms with E-state index in [1.54, 1.807) is 0 Å². The van der Waals surface area contributed by atoms with Crippen molar-refractivity contribution < 1.29 is 9.53 Å². The van der Waals surface area contributed by atoms with E-state index in [-0.39, 0.29) is 11.9 Å². The van der Waals surface area contributed by atoms with Crippen LogP contribution in [0.3, 0.4) is 0 Å². The zero-order chi connectivity index (χ0) is 10.4. The van der Waals surface area contributed by atoms with Gasteiger partial charge in [0.05, 0.1) is 19.3 Å². The molecule has 0 aromatic rings. The Morgan fingerprint density at radius 3 is 2.71 bits per heavy atom. The zero-order valence-corrected chi connectivity index (χ0v) is 9.01. The van der Waals surface area contributed by atoms with Gasteiger partial charge in [0.25, 0.3) is 0 Å². The van der Waals surface area contributed by atoms with Gasteiger partial charge < -0.3 is 15.4 Å². The maximum atomic E-state index is 11.3. The lowest BCUT2D eigenvalue weighted by molar-refractivity contribution is -0.125. The summed E-state index contributed by atoms with van der Waals surface area (Å²) in [6.07, 6.45) is 1.51. The van der Waals surface area contributed by atoms with Gasteiger partial charge in [-0.05, 0) is 13.0 Å². The second-order valence-corrected chi connectivity index (χ2v) is 4.01. The van der Waals surface area contributed by atoms with Gasteiger partial charge in [-0.3, -0.25) is 4.79 Å². The highest BCUT2D eigenvalue weighted by Gasteiger charge is 2.19. The first-order valence-electron chi connectivity index (χ1n) is 5.29. The fourth-order valence-electron chi connectivity index (χ4n) is 1.26. The molecule has 1 aliphatic rings. The maximum Gasteiger partial charge on any atom is 0.220 e. The summed E-state index contributed by atoms with van der Waals surface area (Å²) in [6.45, 7) is 6.47. The first-order chi connectivity index (χ1) is 6.68. The van der Waals surface area contributed by atoms with Gasteiger partial charge in [-0.15, -0.1) is 0 Å². The highest BCUT2D eigenvalue weighted by Crippen LogP contribution is 2.00. The van der Waals surface area contributed by atoms with Crippen molar-refractivity contribution in [3.8, 4) is 0 Å². The number of ether oxygens (including phenoxy) is 1. The standard InChI is InChI=1S/C10H20N2O2/c1-8(2)11-5-3-4-10(13)12-9-6-14-7-9/h8-9,11H,3-7H2,1-2H3,(H,12,13). The van der Waals surface area contributed by atoms with Crippen LogP contribution in [-0.2, 0) is 9.53 Å². The van der Waals surface area contributed by atoms with Crippen molar-refractivity contribution in [2.75, 3.05) is 19.8 Å². The third-order valence-corrected chi connectivity index (χ3v) is 2.14. The molecule has 14 heavy (non-hydrogen) atoms. The van der Waals surface area contributed by atoms with E-state index < -0.39 is 0 Å². The van der Waals surface area contributed by atoms with Crippen molar-refractivity contribution in [1.82, 2.24) is 10.6 Å². The molecule has 0 atom stereocenters. The number of amides is 1. The third kappa shape index (κ3) is 4.58. The van der Waals surface area contributed by atoms with E-state index in [1.807, 2.05) is 0 Å². The minimum absolute atomic E-state index is 0.142. The largest absolute Gasteiger partial charge is 0.377 e. The monoisotopic (exact) mass is 200 g/mol. The fraction of sp³-hybridized carbons (Fsp3) is 0.900. The van der Waals surface area contributed by atoms with Gasteiger partial charge in [0.15, 0.2) is 0 Å². The number of carbonyl (C=O) groups excluding carboxylic acids is 1. The second kappa shape index (κ2) is 5.98. The second-order valence-electron chi connectivity index (χ2n) is 4.01. The topological polar surface area (TPSA) is 50.4 Å². The van der Waals surface area contributed by atoms with E-state index in [1.165, 1.54) is 0 Å². The van der Waals surface area contributed by atoms with Gasteiger partial charge in [0.1, 0.15) is 0 Å². The van der Waals surface area contributed by atoms with E-state index in [0.717, 1.165) is 13.0 Å². The average Bonchev–Trinajstić information content (AvgIpc) is 2.05. The minimum Gasteiger partial charge on any atom is -0.377 e. The van der Waals surface area contributed by atoms with Crippen molar-refractivity contribution >= 4 is 5.91 Å². The van der Waals surface area contributed by atoms with E-state index in [2.05, 4.69) is 24.5 Å². The Bertz CT molecular complexity index is 179. The molecule has 4 heteroatoms. The Morgan fingerprint density at radius 1 is 1.50 bits per heavy atom. The fourth-order valence-corrected chi connectivity index (χ4v) is 1.26. The summed E-state index contributed by atoms with van der Waals surface area (Å²) >= 11 is 0. The quantitative estimate of drug-likeness (QED) is 0.605. The van der Waals surface area contributed by atoms with Crippen LogP contribution >= 0.6 is 0 Å². The number of hydrogen-bond acceptors (Lipinski definition) is 3. The molecule has 0 aromatic carbocycles. The van der Waals surface area contributed by atoms with Gasteiger partial charge in [-0.2, -0.15) is 0 Å². The number of hydrogen-bond donors (Lipinski definition) is 2. The highest BCUT2D eigenvalue weighted by atomic mass is 16.5. The Morgan fingerprint density at radius 2 is 2.21 bits per heavy atom. The van der Waals surface area contributed by atoms with Crippen LogP contribution in [0.1, 0.15) is 26.7 Å². The van der Waals surface area contributed by atoms with Crippen molar-refractivity contribution in [3.63, 3.8) is 0 Å². The van der Waals surface area contributed by atoms with Gasteiger partial charge in [-0.25, -0.2) is 0 Å². The highest BCUT2D eigenvalue weighted by molar-refractivity contribution is 5.76. The van der Waals surface area contributed by atoms with E-state index >= 15 is 0 Å². The van der Waals surface area contributed by atoms with Crippen LogP contribution in [0.4, 0.5) is 0 Å². The molecule has 0 aliphatic carbocycles. The first-order valence-corrected chi connectivity index (χ1v) is 5.29. The molecule has 1 aliphatic heterocycles. The number of nitrogens with one attached hydrogen (secondary N) is 2. The van der Waals surface area contributed by atoms with Crippen LogP contribution < -0.4 is 10.6 Å². The molecular formula is C10H20N2O2. The summed E-state index contributed by atoms with van der Waals surface area (Å²) in [7, 11) is 0. The average molecular weight is 200 g/mol. The lowest BCUT2D eigenvalue weighted by atomic mass is 10.2. The molecule has 82 valence electrons. The molecule has 0 radical (unpaired) electrons. The normalized spacial score (nSPS) is 16.8. The molecule has 2 N–H and O–H groups in total. The van der Waals surface area contributed by atoms with E-state index in [0.29, 0.717) is 25.7 Å². The maximum absolute atomic E-state index is 11.3. The molecule has 1 amide bonds. The van der Waals surface area contributed by atoms with Crippen molar-refractivity contribution in [2.45, 2.75) is 38.8 Å². The Hall–Kier alpha value is -0.610. The van der Waals surface area contributed by atoms with Crippen molar-refractivity contribution in [2.24, 2.45) is 0 Å². The summed E-state index contributed by atoms with van der Waals surface area (Å²) < 4.78 is 4.97. The minimum atomic E-state index is 0.142. The van der Waals surface area contributed by atoms with Gasteiger partial charge in [0.2, 0.25) is 5.91 Å². The summed E-state index contributed by atoms with van der Waals surface area (Å²) in [5.41, 5.74) is 0. The van der Waals surface area contributed by atoms with Crippen LogP contribution in [-0.4, -0.2) is 37.7 Å². The summed E-state index contributed by atoms with van der Waals surface area (Å²) in [4.78, 5) is 11.3. The lowest BCUT2D eigenvalue weighted by Gasteiger charge is -2.26. The van der Waals surface area contributed by atoms with Crippen LogP contribution in [0, 0.1) is 0 Å². The molecular weight excluding hydrogens is 180 g/mol. The Balaban J connectivity index is 1.92. The van der Waals surface area contributed by atoms with Crippen molar-refractivity contribution in [1.29, 1.82) is 0 Å². The first kappa shape index (κ1) is 11.5. The summed E-state index contributed by atoms with van der Waals surface area (Å²) in [5.74, 6) is 0.142. The molecule has 0 unspecified atom stereocenters. The van der Waals surface area contributed by atoms with Gasteiger partial charge >= 0.3 is 0 Å². The molecule has 1 saturated heterocycles. The van der Waals surface area contributed by atoms with Crippen LogP contribution in [0.15, 0.2) is 0 Å². The predicted molar refractivity (Wildman–Crippen MR) is 55.1 cm³/mol. The number of carbonyl (C=O) groups is 1. The smallest absolute Gasteiger partial charge is 0.220 e. The SMILES string of the molecule is CC(C)NCCCC(=O)NC1COC1. The molecule has 0 saturated carbocycles. The van der Waals surface area contributed by atoms with Gasteiger partial charge in [-0.1, -0.05) is 13.8 Å². The molecule has 0 spiro atoms. The van der Waals surface area contributed by atoms with Crippen LogP contribution in [0.5, 0.6) is 0 Å². The van der Waals surface area contributed by atoms with E-state index in [9.17, 15) is 4.79 Å². The Labute approximate surface area is 85.4 Å². The number of rotatable bonds is 6. The van der Waals surface area contributed by atoms with Crippen LogP contribution in [0.25, 0.3) is 0 Å². The molecule has 4 nitrogen and oxygen atoms in total. The van der Waals surface area contributed by atoms with Crippen LogP contribution in [0.2, 0.25) is 0 Å². The molecule has 1 fully saturated rings. The lowest BCUT2D eigenvalue weighted by Crippen LogP contribution is -2.48. The van der Waals surface area contributed by atoms with Crippen molar-refractivity contribution in [3.05, 3.63) is 0 Å². The predicted octanol–water partition coefficient (Wildman–Crippen LogP) is 0.280. The summed E-state index contributed by atoms with van der Waals surface area (Å²) in [6, 6.07) is 0.763. The van der Waals surface area contributed by atoms with Gasteiger partial charge in [0, 0.05) is 12.5 Å². The molecule has 1 rings (SSSR count). The molecule has 0 bridgehead atoms. The molecule has 0 aromatic heterocycles. The molecule has 1 heterocycles. The Kier molecular flexibility index (Phi) is 4.90. The zero-order valence-electron chi connectivity index (χ0n) is 9.01. The van der Waals surface area contributed by atoms with E-state index in [4.69, 9.17) is 4.74 Å². The summed E-state index contributed by atoms with van der Waals surface area (Å²) in [5, 5.41) is 6.19. The third-order valence-electron chi connectivity index (χ3n) is 2.14.